The van der Waals surface area contributed by atoms with E-state index in [4.69, 9.17) is 0 Å². The molecule has 16 heavy (non-hydrogen) atoms. The Morgan fingerprint density at radius 2 is 1.75 bits per heavy atom. The van der Waals surface area contributed by atoms with Gasteiger partial charge in [-0.25, -0.2) is 4.57 Å². The second-order valence-electron chi connectivity index (χ2n) is 4.99. The third-order valence-corrected chi connectivity index (χ3v) is 3.09. The van der Waals surface area contributed by atoms with Gasteiger partial charge in [0.25, 0.3) is 0 Å². The van der Waals surface area contributed by atoms with Gasteiger partial charge in [0.05, 0.1) is 0 Å². The molecule has 1 nitrogen and oxygen atoms in total. The van der Waals surface area contributed by atoms with E-state index in [9.17, 15) is 0 Å². The van der Waals surface area contributed by atoms with Crippen molar-refractivity contribution in [2.75, 3.05) is 0 Å². The maximum Gasteiger partial charge on any atom is 0.176 e. The fraction of sp³-hybridized carbons (Fsp3) is 0.400. The standard InChI is InChI=1S/C15H20N/c1-11(2)14-7-5-6-13-10-16(12(3)4)9-8-15(13)14/h5-12H,1-4H3/q+1. The van der Waals surface area contributed by atoms with E-state index in [1.165, 1.54) is 16.3 Å². The number of aromatic nitrogens is 1. The Morgan fingerprint density at radius 3 is 2.38 bits per heavy atom. The average molecular weight is 214 g/mol. The third kappa shape index (κ3) is 1.95. The van der Waals surface area contributed by atoms with Crippen LogP contribution in [0.1, 0.15) is 45.2 Å². The number of hydrogen-bond acceptors (Lipinski definition) is 0. The summed E-state index contributed by atoms with van der Waals surface area (Å²) in [5.74, 6) is 0.582. The van der Waals surface area contributed by atoms with Crippen LogP contribution in [0.15, 0.2) is 36.7 Å². The molecule has 84 valence electrons. The molecule has 0 fully saturated rings. The molecule has 0 aliphatic rings. The monoisotopic (exact) mass is 214 g/mol. The van der Waals surface area contributed by atoms with Crippen LogP contribution in [0.4, 0.5) is 0 Å². The molecule has 0 saturated carbocycles. The Hall–Kier alpha value is -1.37. The summed E-state index contributed by atoms with van der Waals surface area (Å²) in [5.41, 5.74) is 1.44. The summed E-state index contributed by atoms with van der Waals surface area (Å²) < 4.78 is 2.26. The van der Waals surface area contributed by atoms with Gasteiger partial charge in [0, 0.05) is 11.5 Å². The number of hydrogen-bond donors (Lipinski definition) is 0. The van der Waals surface area contributed by atoms with Crippen LogP contribution in [-0.4, -0.2) is 0 Å². The minimum absolute atomic E-state index is 0.520. The van der Waals surface area contributed by atoms with E-state index in [1.54, 1.807) is 0 Å². The summed E-state index contributed by atoms with van der Waals surface area (Å²) in [6.45, 7) is 8.91. The van der Waals surface area contributed by atoms with Crippen LogP contribution in [0, 0.1) is 0 Å². The molecule has 2 rings (SSSR count). The average Bonchev–Trinajstić information content (AvgIpc) is 2.27. The predicted molar refractivity (Wildman–Crippen MR) is 68.6 cm³/mol. The number of pyridine rings is 1. The quantitative estimate of drug-likeness (QED) is 0.669. The van der Waals surface area contributed by atoms with Gasteiger partial charge in [-0.05, 0) is 36.8 Å². The van der Waals surface area contributed by atoms with Gasteiger partial charge in [-0.2, -0.15) is 0 Å². The van der Waals surface area contributed by atoms with Gasteiger partial charge in [0.2, 0.25) is 0 Å². The molecular formula is C15H20N+. The molecule has 0 aliphatic carbocycles. The Bertz CT molecular complexity index is 498. The van der Waals surface area contributed by atoms with Crippen molar-refractivity contribution in [1.29, 1.82) is 0 Å². The van der Waals surface area contributed by atoms with E-state index in [2.05, 4.69) is 68.9 Å². The zero-order valence-electron chi connectivity index (χ0n) is 10.6. The van der Waals surface area contributed by atoms with Crippen molar-refractivity contribution in [3.05, 3.63) is 42.2 Å². The van der Waals surface area contributed by atoms with E-state index in [1.807, 2.05) is 0 Å². The lowest BCUT2D eigenvalue weighted by molar-refractivity contribution is -0.715. The Labute approximate surface area is 97.7 Å². The molecule has 0 bridgehead atoms. The summed E-state index contributed by atoms with van der Waals surface area (Å²) in [6, 6.07) is 9.34. The summed E-state index contributed by atoms with van der Waals surface area (Å²) >= 11 is 0. The lowest BCUT2D eigenvalue weighted by Crippen LogP contribution is -2.34. The van der Waals surface area contributed by atoms with Crippen molar-refractivity contribution < 1.29 is 4.57 Å². The smallest absolute Gasteiger partial charge is 0.176 e. The molecule has 0 N–H and O–H groups in total. The summed E-state index contributed by atoms with van der Waals surface area (Å²) in [7, 11) is 0. The Morgan fingerprint density at radius 1 is 1.00 bits per heavy atom. The van der Waals surface area contributed by atoms with Crippen LogP contribution in [0.5, 0.6) is 0 Å². The van der Waals surface area contributed by atoms with Gasteiger partial charge >= 0.3 is 0 Å². The maximum absolute atomic E-state index is 2.26. The van der Waals surface area contributed by atoms with Crippen LogP contribution >= 0.6 is 0 Å². The van der Waals surface area contributed by atoms with E-state index < -0.39 is 0 Å². The molecule has 0 amide bonds. The van der Waals surface area contributed by atoms with Crippen LogP contribution in [0.25, 0.3) is 10.8 Å². The molecule has 0 radical (unpaired) electrons. The highest BCUT2D eigenvalue weighted by molar-refractivity contribution is 5.84. The van der Waals surface area contributed by atoms with Crippen molar-refractivity contribution in [3.8, 4) is 0 Å². The normalized spacial score (nSPS) is 11.6. The first-order valence-corrected chi connectivity index (χ1v) is 6.03. The van der Waals surface area contributed by atoms with E-state index in [0.29, 0.717) is 12.0 Å². The van der Waals surface area contributed by atoms with Crippen molar-refractivity contribution in [3.63, 3.8) is 0 Å². The van der Waals surface area contributed by atoms with Crippen molar-refractivity contribution in [1.82, 2.24) is 0 Å². The van der Waals surface area contributed by atoms with Crippen LogP contribution in [0.3, 0.4) is 0 Å². The lowest BCUT2D eigenvalue weighted by Gasteiger charge is -2.09. The summed E-state index contributed by atoms with van der Waals surface area (Å²) in [6.07, 6.45) is 4.42. The fourth-order valence-electron chi connectivity index (χ4n) is 2.10. The Kier molecular flexibility index (Phi) is 2.95. The highest BCUT2D eigenvalue weighted by atomic mass is 15.0. The van der Waals surface area contributed by atoms with Crippen molar-refractivity contribution in [2.45, 2.75) is 39.7 Å². The topological polar surface area (TPSA) is 3.88 Å². The van der Waals surface area contributed by atoms with Crippen molar-refractivity contribution >= 4 is 10.8 Å². The van der Waals surface area contributed by atoms with Gasteiger partial charge in [0.1, 0.15) is 0 Å². The van der Waals surface area contributed by atoms with Crippen LogP contribution in [-0.2, 0) is 0 Å². The van der Waals surface area contributed by atoms with Gasteiger partial charge in [-0.1, -0.05) is 26.0 Å². The first kappa shape index (κ1) is 11.1. The first-order valence-electron chi connectivity index (χ1n) is 6.03. The third-order valence-electron chi connectivity index (χ3n) is 3.09. The fourth-order valence-corrected chi connectivity index (χ4v) is 2.10. The second kappa shape index (κ2) is 4.25. The van der Waals surface area contributed by atoms with Gasteiger partial charge in [0.15, 0.2) is 18.4 Å². The number of benzene rings is 1. The zero-order chi connectivity index (χ0) is 11.7. The molecule has 0 aliphatic heterocycles. The number of rotatable bonds is 2. The lowest BCUT2D eigenvalue weighted by atomic mass is 9.97. The summed E-state index contributed by atoms with van der Waals surface area (Å²) in [5, 5.41) is 2.72. The first-order chi connectivity index (χ1) is 7.59. The SMILES string of the molecule is CC(C)c1cccc2c[n+](C(C)C)ccc12. The van der Waals surface area contributed by atoms with E-state index in [0.717, 1.165) is 0 Å². The molecule has 0 saturated heterocycles. The molecule has 1 heterocycles. The minimum Gasteiger partial charge on any atom is -0.202 e. The molecular weight excluding hydrogens is 194 g/mol. The maximum atomic E-state index is 2.26. The zero-order valence-corrected chi connectivity index (χ0v) is 10.6. The Balaban J connectivity index is 2.64. The predicted octanol–water partition coefficient (Wildman–Crippen LogP) is 3.83. The minimum atomic E-state index is 0.520. The number of nitrogens with zero attached hydrogens (tertiary/aromatic N) is 1. The van der Waals surface area contributed by atoms with Crippen LogP contribution < -0.4 is 4.57 Å². The van der Waals surface area contributed by atoms with E-state index >= 15 is 0 Å². The molecule has 1 heteroatoms. The van der Waals surface area contributed by atoms with E-state index in [-0.39, 0.29) is 0 Å². The number of fused-ring (bicyclic) bond motifs is 1. The molecule has 1 aromatic carbocycles. The highest BCUT2D eigenvalue weighted by Gasteiger charge is 2.10. The van der Waals surface area contributed by atoms with Gasteiger partial charge < -0.3 is 0 Å². The van der Waals surface area contributed by atoms with Gasteiger partial charge in [-0.3, -0.25) is 0 Å². The highest BCUT2D eigenvalue weighted by Crippen LogP contribution is 2.24. The molecule has 0 unspecified atom stereocenters. The van der Waals surface area contributed by atoms with Gasteiger partial charge in [-0.15, -0.1) is 0 Å². The second-order valence-corrected chi connectivity index (χ2v) is 4.99. The molecule has 0 atom stereocenters. The summed E-state index contributed by atoms with van der Waals surface area (Å²) in [4.78, 5) is 0. The largest absolute Gasteiger partial charge is 0.202 e. The van der Waals surface area contributed by atoms with Crippen LogP contribution in [0.2, 0.25) is 0 Å². The molecule has 0 spiro atoms. The molecule has 1 aromatic heterocycles. The van der Waals surface area contributed by atoms with Crippen molar-refractivity contribution in [2.24, 2.45) is 0 Å². The molecule has 2 aromatic rings.